The Morgan fingerprint density at radius 2 is 1.60 bits per heavy atom. The lowest BCUT2D eigenvalue weighted by atomic mass is 10.1. The average molecular weight is 354 g/mol. The van der Waals surface area contributed by atoms with Gasteiger partial charge in [-0.05, 0) is 43.5 Å². The maximum absolute atomic E-state index is 11.7. The average Bonchev–Trinajstić information content (AvgIpc) is 2.54. The molecule has 0 bridgehead atoms. The van der Waals surface area contributed by atoms with Crippen LogP contribution in [0.1, 0.15) is 30.9 Å². The van der Waals surface area contributed by atoms with E-state index in [1.54, 1.807) is 11.9 Å². The van der Waals surface area contributed by atoms with E-state index in [1.807, 2.05) is 26.0 Å². The number of carbonyl (C=O) groups is 3. The molecule has 0 unspecified atom stereocenters. The zero-order chi connectivity index (χ0) is 19.6. The Hall–Kier alpha value is -2.61. The van der Waals surface area contributed by atoms with Crippen molar-refractivity contribution in [1.29, 1.82) is 0 Å². The van der Waals surface area contributed by atoms with Gasteiger partial charge < -0.3 is 25.6 Å². The molecule has 25 heavy (non-hydrogen) atoms. The monoisotopic (exact) mass is 354 g/mol. The number of nitrogens with zero attached hydrogens (tertiary/aromatic N) is 1. The van der Waals surface area contributed by atoms with Crippen molar-refractivity contribution in [1.82, 2.24) is 0 Å². The fourth-order valence-electron chi connectivity index (χ4n) is 2.12. The molecule has 140 valence electrons. The Morgan fingerprint density at radius 3 is 1.96 bits per heavy atom. The van der Waals surface area contributed by atoms with Crippen LogP contribution in [0.5, 0.6) is 5.75 Å². The number of nitrogens with two attached hydrogens (primary N) is 1. The van der Waals surface area contributed by atoms with Crippen molar-refractivity contribution in [3.05, 3.63) is 23.3 Å². The molecular weight excluding hydrogens is 328 g/mol. The number of likely N-dealkylation sites (N-methyl/N-ethyl adjacent to an activating group) is 1. The molecule has 0 spiro atoms. The molecule has 0 aliphatic carbocycles. The Balaban J connectivity index is 0.000000823. The van der Waals surface area contributed by atoms with Gasteiger partial charge in [0.2, 0.25) is 5.91 Å². The topological polar surface area (TPSA) is 130 Å². The van der Waals surface area contributed by atoms with Gasteiger partial charge in [0.25, 0.3) is 0 Å². The Kier molecular flexibility index (Phi) is 9.88. The minimum Gasteiger partial charge on any atom is -0.494 e. The summed E-state index contributed by atoms with van der Waals surface area (Å²) < 4.78 is 5.70. The van der Waals surface area contributed by atoms with Crippen LogP contribution in [0.4, 0.5) is 5.69 Å². The third kappa shape index (κ3) is 7.67. The number of carbonyl (C=O) groups excluding carboxylic acids is 1. The van der Waals surface area contributed by atoms with Crippen LogP contribution in [0.15, 0.2) is 12.1 Å². The minimum absolute atomic E-state index is 0.0180. The first kappa shape index (κ1) is 22.4. The van der Waals surface area contributed by atoms with Gasteiger partial charge in [-0.3, -0.25) is 4.79 Å². The maximum atomic E-state index is 11.7. The fourth-order valence-corrected chi connectivity index (χ4v) is 2.12. The SMILES string of the molecule is CCCCOc1cc(C)c(N(C)C(=O)CN)c(C)c1.O=C(O)C(=O)O. The number of carboxylic acids is 2. The number of aryl methyl sites for hydroxylation is 2. The van der Waals surface area contributed by atoms with E-state index >= 15 is 0 Å². The van der Waals surface area contributed by atoms with Crippen LogP contribution in [0, 0.1) is 13.8 Å². The number of aliphatic carboxylic acids is 2. The number of hydrogen-bond acceptors (Lipinski definition) is 5. The second kappa shape index (κ2) is 11.0. The van der Waals surface area contributed by atoms with Gasteiger partial charge in [0.15, 0.2) is 0 Å². The van der Waals surface area contributed by atoms with Gasteiger partial charge >= 0.3 is 11.9 Å². The van der Waals surface area contributed by atoms with Gasteiger partial charge in [0.05, 0.1) is 13.2 Å². The summed E-state index contributed by atoms with van der Waals surface area (Å²) in [7, 11) is 1.75. The first-order valence-corrected chi connectivity index (χ1v) is 7.82. The molecule has 0 aliphatic rings. The van der Waals surface area contributed by atoms with Crippen molar-refractivity contribution in [2.45, 2.75) is 33.6 Å². The van der Waals surface area contributed by atoms with E-state index in [2.05, 4.69) is 6.92 Å². The number of anilines is 1. The van der Waals surface area contributed by atoms with Gasteiger partial charge in [0, 0.05) is 12.7 Å². The van der Waals surface area contributed by atoms with Crippen molar-refractivity contribution in [2.75, 3.05) is 25.1 Å². The van der Waals surface area contributed by atoms with Crippen LogP contribution >= 0.6 is 0 Å². The van der Waals surface area contributed by atoms with Crippen molar-refractivity contribution in [2.24, 2.45) is 5.73 Å². The van der Waals surface area contributed by atoms with Crippen LogP contribution < -0.4 is 15.4 Å². The molecule has 0 aliphatic heterocycles. The fraction of sp³-hybridized carbons (Fsp3) is 0.471. The van der Waals surface area contributed by atoms with E-state index in [0.29, 0.717) is 0 Å². The summed E-state index contributed by atoms with van der Waals surface area (Å²) >= 11 is 0. The minimum atomic E-state index is -1.82. The van der Waals surface area contributed by atoms with E-state index < -0.39 is 11.9 Å². The lowest BCUT2D eigenvalue weighted by Gasteiger charge is -2.22. The molecule has 0 heterocycles. The molecule has 0 fully saturated rings. The van der Waals surface area contributed by atoms with E-state index in [9.17, 15) is 4.79 Å². The molecule has 4 N–H and O–H groups in total. The summed E-state index contributed by atoms with van der Waals surface area (Å²) in [6, 6.07) is 3.94. The Labute approximate surface area is 147 Å². The molecule has 0 aromatic heterocycles. The van der Waals surface area contributed by atoms with Gasteiger partial charge in [-0.2, -0.15) is 0 Å². The van der Waals surface area contributed by atoms with E-state index in [0.717, 1.165) is 42.0 Å². The number of benzene rings is 1. The highest BCUT2D eigenvalue weighted by Gasteiger charge is 2.15. The maximum Gasteiger partial charge on any atom is 0.414 e. The number of rotatable bonds is 6. The number of carboxylic acid groups (broad SMARTS) is 2. The molecular formula is C17H26N2O6. The van der Waals surface area contributed by atoms with E-state index in [-0.39, 0.29) is 12.5 Å². The van der Waals surface area contributed by atoms with E-state index in [4.69, 9.17) is 30.3 Å². The molecule has 0 saturated heterocycles. The first-order valence-electron chi connectivity index (χ1n) is 7.82. The van der Waals surface area contributed by atoms with Gasteiger partial charge in [0.1, 0.15) is 5.75 Å². The standard InChI is InChI=1S/C15H24N2O2.C2H2O4/c1-5-6-7-19-13-8-11(2)15(12(3)9-13)17(4)14(18)10-16;3-1(4)2(5)6/h8-9H,5-7,10,16H2,1-4H3;(H,3,4)(H,5,6). The van der Waals surface area contributed by atoms with Crippen LogP contribution in [0.2, 0.25) is 0 Å². The number of hydrogen-bond donors (Lipinski definition) is 3. The van der Waals surface area contributed by atoms with Crippen molar-refractivity contribution < 1.29 is 29.3 Å². The molecule has 1 aromatic carbocycles. The molecule has 0 atom stereocenters. The smallest absolute Gasteiger partial charge is 0.414 e. The highest BCUT2D eigenvalue weighted by Crippen LogP contribution is 2.29. The van der Waals surface area contributed by atoms with Crippen molar-refractivity contribution in [3.8, 4) is 5.75 Å². The summed E-state index contributed by atoms with van der Waals surface area (Å²) in [5.41, 5.74) is 8.37. The number of amides is 1. The lowest BCUT2D eigenvalue weighted by molar-refractivity contribution is -0.159. The normalized spacial score (nSPS) is 9.64. The molecule has 8 nitrogen and oxygen atoms in total. The molecule has 1 aromatic rings. The largest absolute Gasteiger partial charge is 0.494 e. The summed E-state index contributed by atoms with van der Waals surface area (Å²) in [5.74, 6) is -2.88. The molecule has 8 heteroatoms. The number of ether oxygens (including phenoxy) is 1. The first-order chi connectivity index (χ1) is 11.6. The van der Waals surface area contributed by atoms with Crippen molar-refractivity contribution >= 4 is 23.5 Å². The highest BCUT2D eigenvalue weighted by molar-refractivity contribution is 6.27. The molecule has 1 amide bonds. The molecule has 1 rings (SSSR count). The second-order valence-corrected chi connectivity index (χ2v) is 5.37. The van der Waals surface area contributed by atoms with Crippen LogP contribution in [-0.4, -0.2) is 48.3 Å². The van der Waals surface area contributed by atoms with Crippen LogP contribution in [0.25, 0.3) is 0 Å². The predicted molar refractivity (Wildman–Crippen MR) is 94.1 cm³/mol. The third-order valence-electron chi connectivity index (χ3n) is 3.30. The quantitative estimate of drug-likeness (QED) is 0.522. The van der Waals surface area contributed by atoms with Gasteiger partial charge in [-0.1, -0.05) is 13.3 Å². The zero-order valence-electron chi connectivity index (χ0n) is 15.0. The summed E-state index contributed by atoms with van der Waals surface area (Å²) in [6.45, 7) is 6.84. The molecule has 0 radical (unpaired) electrons. The summed E-state index contributed by atoms with van der Waals surface area (Å²) in [6.07, 6.45) is 2.16. The summed E-state index contributed by atoms with van der Waals surface area (Å²) in [5, 5.41) is 14.8. The Bertz CT molecular complexity index is 580. The second-order valence-electron chi connectivity index (χ2n) is 5.37. The Morgan fingerprint density at radius 1 is 1.12 bits per heavy atom. The van der Waals surface area contributed by atoms with Gasteiger partial charge in [-0.25, -0.2) is 9.59 Å². The summed E-state index contributed by atoms with van der Waals surface area (Å²) in [4.78, 5) is 31.5. The van der Waals surface area contributed by atoms with Crippen LogP contribution in [0.3, 0.4) is 0 Å². The third-order valence-corrected chi connectivity index (χ3v) is 3.30. The highest BCUT2D eigenvalue weighted by atomic mass is 16.5. The van der Waals surface area contributed by atoms with Crippen LogP contribution in [-0.2, 0) is 14.4 Å². The number of unbranched alkanes of at least 4 members (excludes halogenated alkanes) is 1. The zero-order valence-corrected chi connectivity index (χ0v) is 15.0. The van der Waals surface area contributed by atoms with E-state index in [1.165, 1.54) is 0 Å². The van der Waals surface area contributed by atoms with Crippen molar-refractivity contribution in [3.63, 3.8) is 0 Å². The predicted octanol–water partition coefficient (Wildman–Crippen LogP) is 1.56. The molecule has 0 saturated carbocycles. The van der Waals surface area contributed by atoms with Gasteiger partial charge in [-0.15, -0.1) is 0 Å². The lowest BCUT2D eigenvalue weighted by Crippen LogP contribution is -2.33.